The standard InChI is InChI=1S/C30H38F4N8O2/c1-4-24(43)40-10-6-20(15-40)39(3)26-21-7-11-41(27-25(30(32,33)34)18(2)12-23(35)37-27)16-22(21)36-28(38-26)44-17-29-8-5-9-42(29)14-19(31)13-29/h4,12,19-20H,1,5-11,13-17H2,2-3H3,(H2,35,37)/t19-,20-,29+/m1/s1. The molecule has 14 heteroatoms. The summed E-state index contributed by atoms with van der Waals surface area (Å²) in [5.74, 6) is 0.252. The topological polar surface area (TPSA) is 104 Å². The van der Waals surface area contributed by atoms with Crippen LogP contribution >= 0.6 is 0 Å². The molecule has 238 valence electrons. The van der Waals surface area contributed by atoms with Crippen LogP contribution in [0.5, 0.6) is 6.01 Å². The molecule has 0 bridgehead atoms. The highest BCUT2D eigenvalue weighted by atomic mass is 19.4. The Hall–Kier alpha value is -3.68. The van der Waals surface area contributed by atoms with Crippen molar-refractivity contribution in [1.29, 1.82) is 0 Å². The van der Waals surface area contributed by atoms with Gasteiger partial charge in [0.25, 0.3) is 0 Å². The van der Waals surface area contributed by atoms with Gasteiger partial charge in [-0.05, 0) is 56.9 Å². The van der Waals surface area contributed by atoms with Gasteiger partial charge in [-0.1, -0.05) is 6.58 Å². The number of nitrogen functional groups attached to an aromatic ring is 1. The van der Waals surface area contributed by atoms with Gasteiger partial charge in [-0.15, -0.1) is 0 Å². The van der Waals surface area contributed by atoms with Gasteiger partial charge in [0, 0.05) is 51.3 Å². The second kappa shape index (κ2) is 11.4. The Morgan fingerprint density at radius 3 is 2.80 bits per heavy atom. The van der Waals surface area contributed by atoms with Crippen molar-refractivity contribution in [1.82, 2.24) is 24.8 Å². The smallest absolute Gasteiger partial charge is 0.420 e. The number of carbonyl (C=O) groups is 1. The summed E-state index contributed by atoms with van der Waals surface area (Å²) in [5.41, 5.74) is 6.01. The number of nitrogens with zero attached hydrogens (tertiary/aromatic N) is 7. The maximum absolute atomic E-state index is 14.4. The Morgan fingerprint density at radius 1 is 1.25 bits per heavy atom. The number of alkyl halides is 4. The van der Waals surface area contributed by atoms with E-state index >= 15 is 0 Å². The Bertz CT molecular complexity index is 1460. The fraction of sp³-hybridized carbons (Fsp3) is 0.600. The number of fused-ring (bicyclic) bond motifs is 2. The van der Waals surface area contributed by atoms with E-state index < -0.39 is 23.5 Å². The van der Waals surface area contributed by atoms with Crippen molar-refractivity contribution < 1.29 is 27.1 Å². The van der Waals surface area contributed by atoms with E-state index in [9.17, 15) is 22.4 Å². The minimum absolute atomic E-state index is 0.000827. The Balaban J connectivity index is 1.34. The number of hydrogen-bond donors (Lipinski definition) is 1. The summed E-state index contributed by atoms with van der Waals surface area (Å²) in [4.78, 5) is 33.3. The van der Waals surface area contributed by atoms with Gasteiger partial charge in [-0.2, -0.15) is 23.1 Å². The minimum Gasteiger partial charge on any atom is -0.461 e. The zero-order valence-corrected chi connectivity index (χ0v) is 25.0. The number of aromatic nitrogens is 3. The number of pyridine rings is 1. The molecule has 0 saturated carbocycles. The van der Waals surface area contributed by atoms with Gasteiger partial charge in [-0.25, -0.2) is 9.37 Å². The number of halogens is 4. The highest BCUT2D eigenvalue weighted by Gasteiger charge is 2.49. The molecule has 44 heavy (non-hydrogen) atoms. The van der Waals surface area contributed by atoms with Crippen molar-refractivity contribution in [2.45, 2.75) is 69.5 Å². The van der Waals surface area contributed by atoms with Crippen LogP contribution in [-0.4, -0.2) is 94.8 Å². The molecule has 3 fully saturated rings. The Morgan fingerprint density at radius 2 is 2.05 bits per heavy atom. The van der Waals surface area contributed by atoms with Crippen molar-refractivity contribution in [3.05, 3.63) is 41.1 Å². The van der Waals surface area contributed by atoms with Crippen LogP contribution in [0.4, 0.5) is 35.0 Å². The van der Waals surface area contributed by atoms with Crippen LogP contribution < -0.4 is 20.3 Å². The predicted molar refractivity (Wildman–Crippen MR) is 157 cm³/mol. The molecule has 0 spiro atoms. The van der Waals surface area contributed by atoms with Gasteiger partial charge in [0.1, 0.15) is 35.8 Å². The molecule has 2 aromatic rings. The van der Waals surface area contributed by atoms with E-state index in [0.29, 0.717) is 50.4 Å². The van der Waals surface area contributed by atoms with E-state index in [-0.39, 0.29) is 54.9 Å². The average molecular weight is 619 g/mol. The summed E-state index contributed by atoms with van der Waals surface area (Å²) in [5, 5.41) is 0. The maximum Gasteiger partial charge on any atom is 0.420 e. The van der Waals surface area contributed by atoms with Crippen molar-refractivity contribution in [2.24, 2.45) is 0 Å². The first kappa shape index (κ1) is 30.4. The van der Waals surface area contributed by atoms with Crippen LogP contribution in [0.2, 0.25) is 0 Å². The lowest BCUT2D eigenvalue weighted by molar-refractivity contribution is -0.137. The predicted octanol–water partition coefficient (Wildman–Crippen LogP) is 3.52. The zero-order valence-electron chi connectivity index (χ0n) is 25.0. The van der Waals surface area contributed by atoms with Gasteiger partial charge in [0.2, 0.25) is 5.91 Å². The molecule has 3 atom stereocenters. The zero-order chi connectivity index (χ0) is 31.4. The number of likely N-dealkylation sites (N-methyl/N-ethyl adjacent to an activating group) is 1. The molecule has 2 aromatic heterocycles. The number of rotatable bonds is 7. The van der Waals surface area contributed by atoms with Crippen molar-refractivity contribution >= 4 is 23.4 Å². The summed E-state index contributed by atoms with van der Waals surface area (Å²) < 4.78 is 63.1. The lowest BCUT2D eigenvalue weighted by Crippen LogP contribution is -2.44. The summed E-state index contributed by atoms with van der Waals surface area (Å²) in [6, 6.07) is 1.29. The highest BCUT2D eigenvalue weighted by Crippen LogP contribution is 2.42. The van der Waals surface area contributed by atoms with E-state index in [1.807, 2.05) is 11.9 Å². The summed E-state index contributed by atoms with van der Waals surface area (Å²) >= 11 is 0. The third kappa shape index (κ3) is 5.52. The van der Waals surface area contributed by atoms with E-state index in [1.165, 1.54) is 19.1 Å². The van der Waals surface area contributed by atoms with Gasteiger partial charge in [0.15, 0.2) is 0 Å². The monoisotopic (exact) mass is 618 g/mol. The number of aryl methyl sites for hydroxylation is 1. The molecule has 1 amide bonds. The SMILES string of the molecule is C=CC(=O)N1CC[C@@H](N(C)c2nc(OC[C@@]34CCCN3C[C@H](F)C4)nc3c2CCN(c2nc(N)cc(C)c2C(F)(F)F)C3)C1. The first-order valence-electron chi connectivity index (χ1n) is 15.0. The van der Waals surface area contributed by atoms with Crippen LogP contribution in [0.1, 0.15) is 48.1 Å². The normalized spacial score (nSPS) is 25.2. The summed E-state index contributed by atoms with van der Waals surface area (Å²) in [7, 11) is 1.90. The number of carbonyl (C=O) groups excluding carboxylic acids is 1. The average Bonchev–Trinajstić information content (AvgIpc) is 3.68. The molecule has 0 aliphatic carbocycles. The lowest BCUT2D eigenvalue weighted by Gasteiger charge is -2.35. The van der Waals surface area contributed by atoms with Crippen molar-refractivity contribution in [3.63, 3.8) is 0 Å². The highest BCUT2D eigenvalue weighted by molar-refractivity contribution is 5.87. The molecular formula is C30H38F4N8O2. The first-order chi connectivity index (χ1) is 20.9. The van der Waals surface area contributed by atoms with Crippen molar-refractivity contribution in [3.8, 4) is 6.01 Å². The van der Waals surface area contributed by atoms with Gasteiger partial charge < -0.3 is 25.2 Å². The molecule has 6 rings (SSSR count). The fourth-order valence-corrected chi connectivity index (χ4v) is 7.39. The Labute approximate surface area is 253 Å². The molecule has 3 saturated heterocycles. The van der Waals surface area contributed by atoms with Crippen LogP contribution in [0.15, 0.2) is 18.7 Å². The van der Waals surface area contributed by atoms with E-state index in [4.69, 9.17) is 20.4 Å². The van der Waals surface area contributed by atoms with Gasteiger partial charge in [0.05, 0.1) is 17.8 Å². The van der Waals surface area contributed by atoms with E-state index in [0.717, 1.165) is 24.9 Å². The third-order valence-corrected chi connectivity index (χ3v) is 9.59. The molecule has 0 unspecified atom stereocenters. The molecule has 4 aliphatic rings. The lowest BCUT2D eigenvalue weighted by atomic mass is 9.95. The quantitative estimate of drug-likeness (QED) is 0.369. The van der Waals surface area contributed by atoms with Crippen LogP contribution in [0, 0.1) is 6.92 Å². The molecule has 2 N–H and O–H groups in total. The second-order valence-electron chi connectivity index (χ2n) is 12.4. The van der Waals surface area contributed by atoms with E-state index in [1.54, 1.807) is 9.80 Å². The largest absolute Gasteiger partial charge is 0.461 e. The van der Waals surface area contributed by atoms with Gasteiger partial charge in [-0.3, -0.25) is 9.69 Å². The van der Waals surface area contributed by atoms with Crippen LogP contribution in [0.25, 0.3) is 0 Å². The summed E-state index contributed by atoms with van der Waals surface area (Å²) in [6.07, 6.45) is -0.999. The minimum atomic E-state index is -4.62. The number of ether oxygens (including phenoxy) is 1. The molecule has 4 aliphatic heterocycles. The maximum atomic E-state index is 14.4. The van der Waals surface area contributed by atoms with Crippen molar-refractivity contribution in [2.75, 3.05) is 61.9 Å². The molecule has 10 nitrogen and oxygen atoms in total. The number of nitrogens with two attached hydrogens (primary N) is 1. The number of anilines is 3. The molecule has 0 radical (unpaired) electrons. The van der Waals surface area contributed by atoms with Crippen LogP contribution in [-0.2, 0) is 23.9 Å². The third-order valence-electron chi connectivity index (χ3n) is 9.59. The number of amides is 1. The molecule has 6 heterocycles. The summed E-state index contributed by atoms with van der Waals surface area (Å²) in [6.45, 7) is 7.74. The number of likely N-dealkylation sites (tertiary alicyclic amines) is 1. The first-order valence-corrected chi connectivity index (χ1v) is 15.0. The van der Waals surface area contributed by atoms with E-state index in [2.05, 4.69) is 16.5 Å². The van der Waals surface area contributed by atoms with Crippen LogP contribution in [0.3, 0.4) is 0 Å². The molecule has 0 aromatic carbocycles. The number of hydrogen-bond acceptors (Lipinski definition) is 9. The second-order valence-corrected chi connectivity index (χ2v) is 12.4. The fourth-order valence-electron chi connectivity index (χ4n) is 7.39. The molecular weight excluding hydrogens is 580 g/mol. The Kier molecular flexibility index (Phi) is 7.83. The van der Waals surface area contributed by atoms with Gasteiger partial charge >= 0.3 is 12.2 Å².